The number of hydrogen-bond donors (Lipinski definition) is 2. The number of hydrogen-bond acceptors (Lipinski definition) is 4. The number of thiophene rings is 1. The predicted octanol–water partition coefficient (Wildman–Crippen LogP) is 2.96. The van der Waals surface area contributed by atoms with Gasteiger partial charge in [0.1, 0.15) is 5.76 Å². The lowest BCUT2D eigenvalue weighted by Crippen LogP contribution is -2.38. The summed E-state index contributed by atoms with van der Waals surface area (Å²) in [5.41, 5.74) is 3.45. The number of guanidine groups is 1. The minimum atomic E-state index is 0.712. The van der Waals surface area contributed by atoms with Gasteiger partial charge in [0.25, 0.3) is 0 Å². The number of nitrogens with zero attached hydrogens (tertiary/aromatic N) is 2. The first-order valence-corrected chi connectivity index (χ1v) is 8.46. The highest BCUT2D eigenvalue weighted by molar-refractivity contribution is 7.10. The van der Waals surface area contributed by atoms with E-state index >= 15 is 0 Å². The van der Waals surface area contributed by atoms with Crippen LogP contribution in [0.25, 0.3) is 0 Å². The molecule has 0 saturated heterocycles. The Morgan fingerprint density at radius 1 is 1.32 bits per heavy atom. The average molecular weight is 320 g/mol. The lowest BCUT2D eigenvalue weighted by Gasteiger charge is -2.11. The van der Waals surface area contributed by atoms with E-state index < -0.39 is 0 Å². The smallest absolute Gasteiger partial charge is 0.191 e. The number of nitrogens with one attached hydrogen (secondary N) is 2. The molecule has 2 aromatic rings. The number of aliphatic imine (C=N–C) groups is 1. The van der Waals surface area contributed by atoms with Crippen LogP contribution in [0.1, 0.15) is 34.4 Å². The Hall–Kier alpha value is -1.82. The molecule has 0 aliphatic rings. The SMILES string of the molecule is CCNC(=NCc1sccc1C)NCCc1c(C)noc1C. The standard InChI is InChI=1S/C16H24N4OS/c1-5-17-16(19-10-15-11(2)7-9-22-15)18-8-6-14-12(3)20-21-13(14)4/h7,9H,5-6,8,10H2,1-4H3,(H2,17,18,19). The first-order valence-electron chi connectivity index (χ1n) is 7.58. The normalized spacial score (nSPS) is 11.7. The Morgan fingerprint density at radius 3 is 2.73 bits per heavy atom. The maximum atomic E-state index is 5.19. The van der Waals surface area contributed by atoms with E-state index in [1.165, 1.54) is 16.0 Å². The van der Waals surface area contributed by atoms with Gasteiger partial charge in [0.05, 0.1) is 12.2 Å². The highest BCUT2D eigenvalue weighted by Gasteiger charge is 2.08. The molecule has 6 heteroatoms. The number of rotatable bonds is 6. The minimum absolute atomic E-state index is 0.712. The van der Waals surface area contributed by atoms with Crippen LogP contribution in [0.4, 0.5) is 0 Å². The molecule has 0 atom stereocenters. The van der Waals surface area contributed by atoms with E-state index in [-0.39, 0.29) is 0 Å². The maximum absolute atomic E-state index is 5.19. The van der Waals surface area contributed by atoms with Crippen LogP contribution in [-0.4, -0.2) is 24.2 Å². The number of aryl methyl sites for hydroxylation is 3. The van der Waals surface area contributed by atoms with E-state index in [4.69, 9.17) is 4.52 Å². The summed E-state index contributed by atoms with van der Waals surface area (Å²) in [4.78, 5) is 5.95. The predicted molar refractivity (Wildman–Crippen MR) is 91.6 cm³/mol. The molecule has 0 radical (unpaired) electrons. The molecule has 0 saturated carbocycles. The lowest BCUT2D eigenvalue weighted by atomic mass is 10.1. The van der Waals surface area contributed by atoms with Crippen LogP contribution in [0.2, 0.25) is 0 Å². The Bertz CT molecular complexity index is 610. The van der Waals surface area contributed by atoms with Crippen molar-refractivity contribution in [3.63, 3.8) is 0 Å². The maximum Gasteiger partial charge on any atom is 0.191 e. The monoisotopic (exact) mass is 320 g/mol. The highest BCUT2D eigenvalue weighted by Crippen LogP contribution is 2.16. The van der Waals surface area contributed by atoms with Crippen molar-refractivity contribution in [2.75, 3.05) is 13.1 Å². The molecule has 5 nitrogen and oxygen atoms in total. The molecular formula is C16H24N4OS. The van der Waals surface area contributed by atoms with Crippen molar-refractivity contribution < 1.29 is 4.52 Å². The van der Waals surface area contributed by atoms with Gasteiger partial charge in [-0.05, 0) is 51.1 Å². The van der Waals surface area contributed by atoms with Crippen LogP contribution in [0.5, 0.6) is 0 Å². The third kappa shape index (κ3) is 4.34. The van der Waals surface area contributed by atoms with Gasteiger partial charge in [-0.1, -0.05) is 5.16 Å². The van der Waals surface area contributed by atoms with Crippen molar-refractivity contribution in [2.24, 2.45) is 4.99 Å². The molecular weight excluding hydrogens is 296 g/mol. The topological polar surface area (TPSA) is 62.5 Å². The Labute approximate surface area is 135 Å². The summed E-state index contributed by atoms with van der Waals surface area (Å²) in [7, 11) is 0. The van der Waals surface area contributed by atoms with E-state index in [0.29, 0.717) is 6.54 Å². The van der Waals surface area contributed by atoms with Gasteiger partial charge in [0.2, 0.25) is 0 Å². The fraction of sp³-hybridized carbons (Fsp3) is 0.500. The van der Waals surface area contributed by atoms with Crippen LogP contribution in [0.15, 0.2) is 21.0 Å². The second-order valence-corrected chi connectivity index (χ2v) is 6.20. The zero-order valence-corrected chi connectivity index (χ0v) is 14.5. The first-order chi connectivity index (χ1) is 10.6. The van der Waals surface area contributed by atoms with Crippen LogP contribution < -0.4 is 10.6 Å². The zero-order chi connectivity index (χ0) is 15.9. The van der Waals surface area contributed by atoms with Crippen molar-refractivity contribution in [1.82, 2.24) is 15.8 Å². The van der Waals surface area contributed by atoms with Crippen molar-refractivity contribution in [3.05, 3.63) is 38.9 Å². The fourth-order valence-corrected chi connectivity index (χ4v) is 3.05. The van der Waals surface area contributed by atoms with Gasteiger partial charge in [0.15, 0.2) is 5.96 Å². The second kappa shape index (κ2) is 7.98. The Kier molecular flexibility index (Phi) is 6.00. The van der Waals surface area contributed by atoms with Crippen LogP contribution in [-0.2, 0) is 13.0 Å². The summed E-state index contributed by atoms with van der Waals surface area (Å²) in [5.74, 6) is 1.75. The number of aromatic nitrogens is 1. The Morgan fingerprint density at radius 2 is 2.14 bits per heavy atom. The third-order valence-electron chi connectivity index (χ3n) is 3.54. The lowest BCUT2D eigenvalue weighted by molar-refractivity contribution is 0.392. The summed E-state index contributed by atoms with van der Waals surface area (Å²) >= 11 is 1.75. The van der Waals surface area contributed by atoms with Crippen molar-refractivity contribution in [3.8, 4) is 0 Å². The van der Waals surface area contributed by atoms with Gasteiger partial charge in [-0.3, -0.25) is 0 Å². The minimum Gasteiger partial charge on any atom is -0.361 e. The molecule has 0 unspecified atom stereocenters. The Balaban J connectivity index is 1.90. The molecule has 0 aromatic carbocycles. The molecule has 0 amide bonds. The fourth-order valence-electron chi connectivity index (χ4n) is 2.22. The molecule has 0 aliphatic carbocycles. The van der Waals surface area contributed by atoms with E-state index in [9.17, 15) is 0 Å². The summed E-state index contributed by atoms with van der Waals surface area (Å²) < 4.78 is 5.19. The van der Waals surface area contributed by atoms with E-state index in [1.54, 1.807) is 11.3 Å². The van der Waals surface area contributed by atoms with Gasteiger partial charge in [0, 0.05) is 23.5 Å². The molecule has 2 aromatic heterocycles. The zero-order valence-electron chi connectivity index (χ0n) is 13.7. The van der Waals surface area contributed by atoms with Gasteiger partial charge in [-0.2, -0.15) is 0 Å². The third-order valence-corrected chi connectivity index (χ3v) is 4.55. The van der Waals surface area contributed by atoms with E-state index in [0.717, 1.165) is 36.9 Å². The van der Waals surface area contributed by atoms with E-state index in [2.05, 4.69) is 46.1 Å². The molecule has 120 valence electrons. The molecule has 22 heavy (non-hydrogen) atoms. The van der Waals surface area contributed by atoms with Gasteiger partial charge >= 0.3 is 0 Å². The van der Waals surface area contributed by atoms with Crippen molar-refractivity contribution >= 4 is 17.3 Å². The van der Waals surface area contributed by atoms with E-state index in [1.807, 2.05) is 13.8 Å². The van der Waals surface area contributed by atoms with Gasteiger partial charge < -0.3 is 15.2 Å². The largest absolute Gasteiger partial charge is 0.361 e. The quantitative estimate of drug-likeness (QED) is 0.634. The highest BCUT2D eigenvalue weighted by atomic mass is 32.1. The van der Waals surface area contributed by atoms with Crippen molar-refractivity contribution in [2.45, 2.75) is 40.7 Å². The summed E-state index contributed by atoms with van der Waals surface area (Å²) in [6.45, 7) is 10.5. The molecule has 2 rings (SSSR count). The summed E-state index contributed by atoms with van der Waals surface area (Å²) in [5, 5.41) is 12.7. The molecule has 0 bridgehead atoms. The molecule has 2 N–H and O–H groups in total. The molecule has 2 heterocycles. The van der Waals surface area contributed by atoms with Crippen LogP contribution in [0, 0.1) is 20.8 Å². The van der Waals surface area contributed by atoms with Gasteiger partial charge in [-0.25, -0.2) is 4.99 Å². The first kappa shape index (κ1) is 16.5. The summed E-state index contributed by atoms with van der Waals surface area (Å²) in [6.07, 6.45) is 0.879. The summed E-state index contributed by atoms with van der Waals surface area (Å²) in [6, 6.07) is 2.13. The average Bonchev–Trinajstić information content (AvgIpc) is 3.04. The molecule has 0 aliphatic heterocycles. The molecule has 0 spiro atoms. The van der Waals surface area contributed by atoms with Crippen LogP contribution >= 0.6 is 11.3 Å². The van der Waals surface area contributed by atoms with Gasteiger partial charge in [-0.15, -0.1) is 11.3 Å². The van der Waals surface area contributed by atoms with Crippen molar-refractivity contribution in [1.29, 1.82) is 0 Å². The molecule has 0 fully saturated rings. The second-order valence-electron chi connectivity index (χ2n) is 5.20. The van der Waals surface area contributed by atoms with Crippen LogP contribution in [0.3, 0.4) is 0 Å².